The fourth-order valence-electron chi connectivity index (χ4n) is 6.54. The van der Waals surface area contributed by atoms with Crippen molar-refractivity contribution in [3.05, 3.63) is 71.3 Å². The molecule has 2 aromatic carbocycles. The van der Waals surface area contributed by atoms with Crippen LogP contribution in [-0.2, 0) is 55.3 Å². The van der Waals surface area contributed by atoms with Crippen LogP contribution in [0.4, 0.5) is 5.69 Å². The van der Waals surface area contributed by atoms with Crippen molar-refractivity contribution in [3.63, 3.8) is 0 Å². The molecule has 0 aliphatic carbocycles. The highest BCUT2D eigenvalue weighted by atomic mass is 31.2. The Hall–Kier alpha value is -5.77. The van der Waals surface area contributed by atoms with Crippen LogP contribution in [0, 0.1) is 5.41 Å². The van der Waals surface area contributed by atoms with Crippen LogP contribution in [0.2, 0.25) is 0 Å². The minimum absolute atomic E-state index is 0.0540. The minimum atomic E-state index is -4.35. The molecule has 3 aromatic rings. The predicted octanol–water partition coefficient (Wildman–Crippen LogP) is 1.42. The number of aromatic nitrogens is 3. The van der Waals surface area contributed by atoms with Gasteiger partial charge in [0.05, 0.1) is 25.0 Å². The minimum Gasteiger partial charge on any atom is -0.481 e. The van der Waals surface area contributed by atoms with Gasteiger partial charge in [-0.3, -0.25) is 37.8 Å². The summed E-state index contributed by atoms with van der Waals surface area (Å²) in [6.07, 6.45) is -4.91. The summed E-state index contributed by atoms with van der Waals surface area (Å²) in [6.45, 7) is 9.90. The van der Waals surface area contributed by atoms with E-state index in [1.807, 2.05) is 13.8 Å². The molecule has 1 fully saturated rings. The van der Waals surface area contributed by atoms with Crippen LogP contribution in [0.15, 0.2) is 48.8 Å². The van der Waals surface area contributed by atoms with Crippen molar-refractivity contribution in [3.8, 4) is 5.75 Å². The van der Waals surface area contributed by atoms with E-state index in [0.717, 1.165) is 11.0 Å². The highest BCUT2D eigenvalue weighted by molar-refractivity contribution is 7.49. The normalized spacial score (nSPS) is 21.9. The lowest BCUT2D eigenvalue weighted by Crippen LogP contribution is -2.61. The second kappa shape index (κ2) is 19.3. The van der Waals surface area contributed by atoms with E-state index in [9.17, 15) is 48.7 Å². The molecule has 0 saturated carbocycles. The third-order valence-corrected chi connectivity index (χ3v) is 11.6. The van der Waals surface area contributed by atoms with Gasteiger partial charge in [-0.25, -0.2) is 14.2 Å². The molecule has 5 rings (SSSR count). The maximum Gasteiger partial charge on any atom is 0.530 e. The molecule has 0 spiro atoms. The number of aliphatic hydroxyl groups excluding tert-OH is 2. The number of rotatable bonds is 18. The smallest absolute Gasteiger partial charge is 0.481 e. The number of anilines is 1. The Morgan fingerprint density at radius 3 is 2.29 bits per heavy atom. The van der Waals surface area contributed by atoms with E-state index in [-0.39, 0.29) is 30.5 Å². The van der Waals surface area contributed by atoms with Crippen LogP contribution in [-0.4, -0.2) is 108 Å². The number of ether oxygens (including phenoxy) is 1. The fraction of sp³-hybridized carbons (Fsp3) is 0.500. The van der Waals surface area contributed by atoms with Crippen LogP contribution < -0.4 is 31.5 Å². The molecule has 1 saturated heterocycles. The van der Waals surface area contributed by atoms with E-state index in [1.54, 1.807) is 42.5 Å². The molecule has 2 aliphatic heterocycles. The van der Waals surface area contributed by atoms with Crippen LogP contribution in [0.1, 0.15) is 94.3 Å². The Morgan fingerprint density at radius 2 is 1.67 bits per heavy atom. The summed E-state index contributed by atoms with van der Waals surface area (Å²) in [4.78, 5) is 80.1. The summed E-state index contributed by atoms with van der Waals surface area (Å²) in [5.41, 5.74) is 4.24. The molecule has 22 nitrogen and oxygen atoms in total. The number of nitrogens with one attached hydrogen (secondary N) is 4. The van der Waals surface area contributed by atoms with Gasteiger partial charge in [0.15, 0.2) is 6.23 Å². The lowest BCUT2D eigenvalue weighted by atomic mass is 9.87. The summed E-state index contributed by atoms with van der Waals surface area (Å²) in [5, 5.41) is 44.9. The van der Waals surface area contributed by atoms with Crippen LogP contribution in [0.5, 0.6) is 5.75 Å². The zero-order valence-electron chi connectivity index (χ0n) is 35.7. The van der Waals surface area contributed by atoms with Crippen LogP contribution >= 0.6 is 7.82 Å². The number of amides is 5. The van der Waals surface area contributed by atoms with Crippen molar-refractivity contribution in [1.29, 1.82) is 0 Å². The standard InChI is InChI=1S/C40H53N8O14P/c1-20(2)25-15-24(14-23-17-59-63(58,62-31(23)25)60-18-27-29(51)30(52)36(61-27)48-19-42-33(47-48)32(41)53)44-35(55)26(13-22-11-9-8-10-12-22)45-34(54)21(3)43-38(57)40(6,7)46-37(56)39(4,5)16-28(49)50/h8-12,14-15,19-21,26-27,29-30,36,51-52H,13,16-18H2,1-7H3,(H2,41,53)(H,43,57)(H,44,55)(H,45,54)(H,46,56)(H,49,50). The van der Waals surface area contributed by atoms with E-state index in [0.29, 0.717) is 22.4 Å². The number of carbonyl (C=O) groups excluding carboxylic acids is 5. The van der Waals surface area contributed by atoms with Crippen molar-refractivity contribution in [2.75, 3.05) is 11.9 Å². The molecule has 1 aromatic heterocycles. The number of hydrogen-bond donors (Lipinski definition) is 8. The van der Waals surface area contributed by atoms with Gasteiger partial charge in [-0.1, -0.05) is 58.0 Å². The van der Waals surface area contributed by atoms with Gasteiger partial charge < -0.3 is 51.6 Å². The lowest BCUT2D eigenvalue weighted by molar-refractivity contribution is -0.145. The molecule has 3 heterocycles. The van der Waals surface area contributed by atoms with Gasteiger partial charge in [-0.05, 0) is 49.9 Å². The molecule has 0 radical (unpaired) electrons. The molecular weight excluding hydrogens is 847 g/mol. The first-order chi connectivity index (χ1) is 29.4. The SMILES string of the molecule is CC(NC(=O)C(C)(C)NC(=O)C(C)(C)CC(=O)O)C(=O)NC(Cc1ccccc1)C(=O)Nc1cc2c(c(C(C)C)c1)OP(=O)(OCC1OC(n3cnc(C(N)=O)n3)C(O)C1O)OC2. The number of carboxylic acids is 1. The van der Waals surface area contributed by atoms with Gasteiger partial charge in [-0.2, -0.15) is 0 Å². The Morgan fingerprint density at radius 1 is 0.984 bits per heavy atom. The number of benzene rings is 2. The van der Waals surface area contributed by atoms with Gasteiger partial charge in [0, 0.05) is 17.7 Å². The molecule has 9 N–H and O–H groups in total. The van der Waals surface area contributed by atoms with Crippen molar-refractivity contribution in [2.45, 2.75) is 116 Å². The average molecular weight is 901 g/mol. The monoisotopic (exact) mass is 900 g/mol. The first-order valence-corrected chi connectivity index (χ1v) is 21.3. The van der Waals surface area contributed by atoms with Gasteiger partial charge >= 0.3 is 13.8 Å². The van der Waals surface area contributed by atoms with Crippen molar-refractivity contribution in [1.82, 2.24) is 30.7 Å². The fourth-order valence-corrected chi connectivity index (χ4v) is 7.79. The molecule has 7 unspecified atom stereocenters. The highest BCUT2D eigenvalue weighted by Crippen LogP contribution is 2.57. The third-order valence-electron chi connectivity index (χ3n) is 10.2. The molecule has 5 amide bonds. The quantitative estimate of drug-likeness (QED) is 0.0837. The summed E-state index contributed by atoms with van der Waals surface area (Å²) >= 11 is 0. The molecule has 63 heavy (non-hydrogen) atoms. The van der Waals surface area contributed by atoms with Gasteiger partial charge in [-0.15, -0.1) is 5.10 Å². The van der Waals surface area contributed by atoms with E-state index < -0.39 is 104 Å². The number of phosphoric acid groups is 1. The Kier molecular flexibility index (Phi) is 14.8. The number of nitrogens with zero attached hydrogens (tertiary/aromatic N) is 3. The van der Waals surface area contributed by atoms with E-state index >= 15 is 0 Å². The topological polar surface area (TPSA) is 322 Å². The molecule has 342 valence electrons. The number of fused-ring (bicyclic) bond motifs is 1. The summed E-state index contributed by atoms with van der Waals surface area (Å²) in [7, 11) is -4.35. The number of aliphatic hydroxyl groups is 2. The van der Waals surface area contributed by atoms with Gasteiger partial charge in [0.2, 0.25) is 29.5 Å². The number of hydrogen-bond acceptors (Lipinski definition) is 15. The summed E-state index contributed by atoms with van der Waals surface area (Å²) in [6, 6.07) is 9.70. The van der Waals surface area contributed by atoms with Gasteiger partial charge in [0.1, 0.15) is 48.0 Å². The summed E-state index contributed by atoms with van der Waals surface area (Å²) in [5.74, 6) is -5.26. The molecular formula is C40H53N8O14P. The van der Waals surface area contributed by atoms with Crippen LogP contribution in [0.25, 0.3) is 0 Å². The maximum atomic E-state index is 14.0. The summed E-state index contributed by atoms with van der Waals surface area (Å²) < 4.78 is 37.4. The van der Waals surface area contributed by atoms with Crippen molar-refractivity contribution >= 4 is 49.0 Å². The second-order valence-electron chi connectivity index (χ2n) is 16.7. The van der Waals surface area contributed by atoms with Crippen molar-refractivity contribution < 1.29 is 67.0 Å². The van der Waals surface area contributed by atoms with E-state index in [2.05, 4.69) is 31.3 Å². The van der Waals surface area contributed by atoms with E-state index in [4.69, 9.17) is 24.0 Å². The first-order valence-electron chi connectivity index (χ1n) is 19.9. The number of phosphoric ester groups is 1. The van der Waals surface area contributed by atoms with Crippen molar-refractivity contribution in [2.24, 2.45) is 11.1 Å². The Balaban J connectivity index is 1.26. The largest absolute Gasteiger partial charge is 0.530 e. The van der Waals surface area contributed by atoms with Gasteiger partial charge in [0.25, 0.3) is 5.91 Å². The Labute approximate surface area is 362 Å². The molecule has 0 bridgehead atoms. The highest BCUT2D eigenvalue weighted by Gasteiger charge is 2.47. The number of aliphatic carboxylic acids is 1. The van der Waals surface area contributed by atoms with E-state index in [1.165, 1.54) is 34.6 Å². The average Bonchev–Trinajstić information content (AvgIpc) is 3.80. The molecule has 23 heteroatoms. The zero-order valence-corrected chi connectivity index (χ0v) is 36.6. The number of primary amides is 1. The molecule has 2 aliphatic rings. The second-order valence-corrected chi connectivity index (χ2v) is 18.3. The predicted molar refractivity (Wildman–Crippen MR) is 221 cm³/mol. The van der Waals surface area contributed by atoms with Crippen LogP contribution in [0.3, 0.4) is 0 Å². The molecule has 7 atom stereocenters. The maximum absolute atomic E-state index is 14.0. The number of carbonyl (C=O) groups is 6. The number of nitrogens with two attached hydrogens (primary N) is 1. The number of carboxylic acid groups (broad SMARTS) is 1. The Bertz CT molecular complexity index is 2270. The zero-order chi connectivity index (χ0) is 46.6. The lowest BCUT2D eigenvalue weighted by Gasteiger charge is -2.31. The first kappa shape index (κ1) is 48.3. The third kappa shape index (κ3) is 11.8.